The van der Waals surface area contributed by atoms with Gasteiger partial charge in [0.1, 0.15) is 0 Å². The van der Waals surface area contributed by atoms with Crippen LogP contribution in [0.2, 0.25) is 0 Å². The Hall–Kier alpha value is -0.510. The minimum atomic E-state index is -0.308. The normalized spacial score (nSPS) is 10.5. The third kappa shape index (κ3) is 7.84. The first kappa shape index (κ1) is 15.0. The van der Waals surface area contributed by atoms with Crippen molar-refractivity contribution in [2.24, 2.45) is 5.73 Å². The van der Waals surface area contributed by atoms with E-state index < -0.39 is 0 Å². The van der Waals surface area contributed by atoms with E-state index in [4.69, 9.17) is 5.73 Å². The summed E-state index contributed by atoms with van der Waals surface area (Å²) in [6.07, 6.45) is 4.67. The Morgan fingerprint density at radius 3 is 2.31 bits per heavy atom. The number of nitrogens with zero attached hydrogens (tertiary/aromatic N) is 1. The molecule has 0 aromatic rings. The summed E-state index contributed by atoms with van der Waals surface area (Å²) >= 11 is 0. The third-order valence-corrected chi connectivity index (χ3v) is 1.53. The van der Waals surface area contributed by atoms with E-state index in [1.165, 1.54) is 0 Å². The van der Waals surface area contributed by atoms with E-state index >= 15 is 0 Å². The monoisotopic (exact) mass is 250 g/mol. The molecule has 0 aliphatic carbocycles. The van der Waals surface area contributed by atoms with Crippen molar-refractivity contribution in [2.75, 3.05) is 14.1 Å². The van der Waals surface area contributed by atoms with Crippen LogP contribution in [0, 0.1) is 0 Å². The SMILES string of the molecule is Br.CCCC/C(=C\N(C)C)C(N)=O. The molecule has 0 aliphatic heterocycles. The number of hydrogen-bond donors (Lipinski definition) is 1. The summed E-state index contributed by atoms with van der Waals surface area (Å²) in [5.74, 6) is -0.308. The lowest BCUT2D eigenvalue weighted by Gasteiger charge is -2.08. The Morgan fingerprint density at radius 2 is 2.00 bits per heavy atom. The fraction of sp³-hybridized carbons (Fsp3) is 0.667. The van der Waals surface area contributed by atoms with Crippen LogP contribution in [-0.4, -0.2) is 24.9 Å². The van der Waals surface area contributed by atoms with E-state index in [1.807, 2.05) is 19.0 Å². The molecule has 0 bridgehead atoms. The zero-order chi connectivity index (χ0) is 9.56. The molecular weight excluding hydrogens is 232 g/mol. The quantitative estimate of drug-likeness (QED) is 0.756. The van der Waals surface area contributed by atoms with Gasteiger partial charge in [-0.3, -0.25) is 4.79 Å². The van der Waals surface area contributed by atoms with Gasteiger partial charge in [0.15, 0.2) is 0 Å². The van der Waals surface area contributed by atoms with Gasteiger partial charge in [0, 0.05) is 25.9 Å². The molecule has 0 fully saturated rings. The molecule has 0 saturated carbocycles. The first-order valence-electron chi connectivity index (χ1n) is 4.24. The topological polar surface area (TPSA) is 46.3 Å². The van der Waals surface area contributed by atoms with Crippen LogP contribution in [-0.2, 0) is 4.79 Å². The average Bonchev–Trinajstić information content (AvgIpc) is 1.96. The molecule has 0 aliphatic rings. The number of primary amides is 1. The molecule has 0 atom stereocenters. The summed E-state index contributed by atoms with van der Waals surface area (Å²) in [5, 5.41) is 0. The lowest BCUT2D eigenvalue weighted by molar-refractivity contribution is -0.114. The maximum absolute atomic E-state index is 10.9. The van der Waals surface area contributed by atoms with E-state index in [-0.39, 0.29) is 22.9 Å². The van der Waals surface area contributed by atoms with Gasteiger partial charge in [0.25, 0.3) is 0 Å². The zero-order valence-electron chi connectivity index (χ0n) is 8.54. The maximum Gasteiger partial charge on any atom is 0.246 e. The lowest BCUT2D eigenvalue weighted by Crippen LogP contribution is -2.17. The molecule has 2 N–H and O–H groups in total. The Morgan fingerprint density at radius 1 is 1.46 bits per heavy atom. The van der Waals surface area contributed by atoms with Crippen LogP contribution in [0.1, 0.15) is 26.2 Å². The highest BCUT2D eigenvalue weighted by Crippen LogP contribution is 2.06. The van der Waals surface area contributed by atoms with Gasteiger partial charge in [-0.25, -0.2) is 0 Å². The minimum absolute atomic E-state index is 0. The standard InChI is InChI=1S/C9H18N2O.BrH/c1-4-5-6-8(9(10)12)7-11(2)3;/h7H,4-6H2,1-3H3,(H2,10,12);1H/b8-7+;. The van der Waals surface area contributed by atoms with Gasteiger partial charge in [-0.1, -0.05) is 13.3 Å². The number of nitrogens with two attached hydrogens (primary N) is 1. The molecule has 0 aromatic heterocycles. The molecule has 1 amide bonds. The zero-order valence-corrected chi connectivity index (χ0v) is 10.3. The van der Waals surface area contributed by atoms with Crippen molar-refractivity contribution >= 4 is 22.9 Å². The summed E-state index contributed by atoms with van der Waals surface area (Å²) in [7, 11) is 3.77. The molecule has 0 spiro atoms. The number of hydrogen-bond acceptors (Lipinski definition) is 2. The van der Waals surface area contributed by atoms with Crippen molar-refractivity contribution < 1.29 is 4.79 Å². The minimum Gasteiger partial charge on any atom is -0.383 e. The van der Waals surface area contributed by atoms with Crippen LogP contribution in [0.5, 0.6) is 0 Å². The largest absolute Gasteiger partial charge is 0.383 e. The molecule has 13 heavy (non-hydrogen) atoms. The highest BCUT2D eigenvalue weighted by Gasteiger charge is 2.03. The molecular formula is C9H19BrN2O. The van der Waals surface area contributed by atoms with Crippen molar-refractivity contribution in [3.8, 4) is 0 Å². The third-order valence-electron chi connectivity index (χ3n) is 1.53. The van der Waals surface area contributed by atoms with Crippen LogP contribution in [0.4, 0.5) is 0 Å². The molecule has 78 valence electrons. The average molecular weight is 251 g/mol. The van der Waals surface area contributed by atoms with Gasteiger partial charge in [-0.15, -0.1) is 17.0 Å². The van der Waals surface area contributed by atoms with Crippen molar-refractivity contribution in [3.63, 3.8) is 0 Å². The fourth-order valence-corrected chi connectivity index (χ4v) is 0.930. The number of halogens is 1. The maximum atomic E-state index is 10.9. The first-order chi connectivity index (χ1) is 5.57. The second kappa shape index (κ2) is 8.10. The predicted molar refractivity (Wildman–Crippen MR) is 60.8 cm³/mol. The Kier molecular flexibility index (Phi) is 9.34. The van der Waals surface area contributed by atoms with E-state index in [9.17, 15) is 4.79 Å². The van der Waals surface area contributed by atoms with Crippen molar-refractivity contribution in [1.29, 1.82) is 0 Å². The first-order valence-corrected chi connectivity index (χ1v) is 4.24. The summed E-state index contributed by atoms with van der Waals surface area (Å²) < 4.78 is 0. The Balaban J connectivity index is 0. The summed E-state index contributed by atoms with van der Waals surface area (Å²) in [6.45, 7) is 2.09. The highest BCUT2D eigenvalue weighted by molar-refractivity contribution is 8.93. The summed E-state index contributed by atoms with van der Waals surface area (Å²) in [5.41, 5.74) is 5.90. The summed E-state index contributed by atoms with van der Waals surface area (Å²) in [4.78, 5) is 12.7. The number of rotatable bonds is 5. The molecule has 0 unspecified atom stereocenters. The van der Waals surface area contributed by atoms with Crippen molar-refractivity contribution in [2.45, 2.75) is 26.2 Å². The van der Waals surface area contributed by atoms with Gasteiger partial charge in [0.05, 0.1) is 0 Å². The number of unbranched alkanes of at least 4 members (excludes halogenated alkanes) is 1. The van der Waals surface area contributed by atoms with E-state index in [2.05, 4.69) is 6.92 Å². The second-order valence-corrected chi connectivity index (χ2v) is 3.09. The van der Waals surface area contributed by atoms with Crippen LogP contribution >= 0.6 is 17.0 Å². The van der Waals surface area contributed by atoms with Crippen molar-refractivity contribution in [3.05, 3.63) is 11.8 Å². The Labute approximate surface area is 90.7 Å². The number of carbonyl (C=O) groups is 1. The molecule has 0 aromatic carbocycles. The van der Waals surface area contributed by atoms with Crippen LogP contribution < -0.4 is 5.73 Å². The van der Waals surface area contributed by atoms with E-state index in [1.54, 1.807) is 6.20 Å². The van der Waals surface area contributed by atoms with Crippen LogP contribution in [0.25, 0.3) is 0 Å². The van der Waals surface area contributed by atoms with Gasteiger partial charge in [-0.05, 0) is 12.8 Å². The van der Waals surface area contributed by atoms with Gasteiger partial charge in [-0.2, -0.15) is 0 Å². The molecule has 0 rings (SSSR count). The van der Waals surface area contributed by atoms with Gasteiger partial charge < -0.3 is 10.6 Å². The molecule has 0 radical (unpaired) electrons. The van der Waals surface area contributed by atoms with Crippen LogP contribution in [0.15, 0.2) is 11.8 Å². The van der Waals surface area contributed by atoms with Crippen molar-refractivity contribution in [1.82, 2.24) is 4.90 Å². The molecule has 3 nitrogen and oxygen atoms in total. The van der Waals surface area contributed by atoms with E-state index in [0.717, 1.165) is 19.3 Å². The fourth-order valence-electron chi connectivity index (χ4n) is 0.930. The lowest BCUT2D eigenvalue weighted by atomic mass is 10.1. The van der Waals surface area contributed by atoms with Gasteiger partial charge in [0.2, 0.25) is 5.91 Å². The molecule has 0 heterocycles. The van der Waals surface area contributed by atoms with Gasteiger partial charge >= 0.3 is 0 Å². The molecule has 4 heteroatoms. The highest BCUT2D eigenvalue weighted by atomic mass is 79.9. The molecule has 0 saturated heterocycles. The second-order valence-electron chi connectivity index (χ2n) is 3.09. The predicted octanol–water partition coefficient (Wildman–Crippen LogP) is 1.69. The number of carbonyl (C=O) groups excluding carboxylic acids is 1. The number of amides is 1. The Bertz CT molecular complexity index is 178. The van der Waals surface area contributed by atoms with Crippen LogP contribution in [0.3, 0.4) is 0 Å². The smallest absolute Gasteiger partial charge is 0.246 e. The van der Waals surface area contributed by atoms with E-state index in [0.29, 0.717) is 5.57 Å². The summed E-state index contributed by atoms with van der Waals surface area (Å²) in [6, 6.07) is 0.